The number of tetrazole rings is 1. The molecule has 1 aromatic heterocycles. The van der Waals surface area contributed by atoms with E-state index >= 15 is 0 Å². The van der Waals surface area contributed by atoms with E-state index in [1.165, 1.54) is 11.0 Å². The molecule has 29 heavy (non-hydrogen) atoms. The summed E-state index contributed by atoms with van der Waals surface area (Å²) in [4.78, 5) is -0.966. The van der Waals surface area contributed by atoms with E-state index in [9.17, 15) is 17.2 Å². The van der Waals surface area contributed by atoms with Crippen molar-refractivity contribution >= 4 is 10.0 Å². The molecule has 0 saturated carbocycles. The largest absolute Gasteiger partial charge is 0.472 e. The third-order valence-corrected chi connectivity index (χ3v) is 6.20. The summed E-state index contributed by atoms with van der Waals surface area (Å²) in [5.74, 6) is -1.82. The SMILES string of the molecule is O=S(=O)(c1c(F)cccc1F)N1CC[N]C(Oc2ccc(-n3cnnn3)cc2)C1. The minimum atomic E-state index is -4.37. The lowest BCUT2D eigenvalue weighted by atomic mass is 10.3. The van der Waals surface area contributed by atoms with E-state index < -0.39 is 32.8 Å². The maximum Gasteiger partial charge on any atom is 0.249 e. The van der Waals surface area contributed by atoms with Crippen LogP contribution < -0.4 is 10.1 Å². The molecule has 4 rings (SSSR count). The van der Waals surface area contributed by atoms with E-state index in [1.807, 2.05) is 0 Å². The molecule has 1 aliphatic rings. The van der Waals surface area contributed by atoms with Gasteiger partial charge >= 0.3 is 0 Å². The fourth-order valence-corrected chi connectivity index (χ4v) is 4.43. The Kier molecular flexibility index (Phi) is 5.22. The van der Waals surface area contributed by atoms with Gasteiger partial charge in [-0.3, -0.25) is 0 Å². The molecule has 0 spiro atoms. The first kappa shape index (κ1) is 19.4. The van der Waals surface area contributed by atoms with Crippen molar-refractivity contribution in [3.05, 3.63) is 60.4 Å². The molecule has 2 heterocycles. The van der Waals surface area contributed by atoms with E-state index in [0.29, 0.717) is 11.4 Å². The lowest BCUT2D eigenvalue weighted by Crippen LogP contribution is -2.51. The molecule has 0 aliphatic carbocycles. The van der Waals surface area contributed by atoms with Crippen molar-refractivity contribution in [3.63, 3.8) is 0 Å². The second kappa shape index (κ2) is 7.81. The molecular formula is C17H15F2N6O3S. The number of ether oxygens (including phenoxy) is 1. The van der Waals surface area contributed by atoms with Crippen LogP contribution in [0, 0.1) is 11.6 Å². The maximum absolute atomic E-state index is 14.0. The Morgan fingerprint density at radius 1 is 1.07 bits per heavy atom. The van der Waals surface area contributed by atoms with Gasteiger partial charge in [0.25, 0.3) is 0 Å². The Morgan fingerprint density at radius 3 is 2.45 bits per heavy atom. The molecule has 0 N–H and O–H groups in total. The van der Waals surface area contributed by atoms with Crippen molar-refractivity contribution in [1.29, 1.82) is 0 Å². The molecule has 1 saturated heterocycles. The first-order valence-corrected chi connectivity index (χ1v) is 10.00. The van der Waals surface area contributed by atoms with Gasteiger partial charge in [-0.1, -0.05) is 6.07 Å². The second-order valence-corrected chi connectivity index (χ2v) is 8.02. The zero-order valence-corrected chi connectivity index (χ0v) is 15.7. The summed E-state index contributed by atoms with van der Waals surface area (Å²) in [5, 5.41) is 15.1. The first-order valence-electron chi connectivity index (χ1n) is 8.56. The normalized spacial score (nSPS) is 17.9. The van der Waals surface area contributed by atoms with Gasteiger partial charge in [0.1, 0.15) is 23.7 Å². The zero-order valence-electron chi connectivity index (χ0n) is 14.9. The van der Waals surface area contributed by atoms with Crippen LogP contribution in [0.1, 0.15) is 0 Å². The summed E-state index contributed by atoms with van der Waals surface area (Å²) in [5.41, 5.74) is 0.710. The highest BCUT2D eigenvalue weighted by Crippen LogP contribution is 2.24. The smallest absolute Gasteiger partial charge is 0.249 e. The summed E-state index contributed by atoms with van der Waals surface area (Å²) in [6, 6.07) is 9.69. The van der Waals surface area contributed by atoms with Crippen LogP contribution in [0.4, 0.5) is 8.78 Å². The molecule has 12 heteroatoms. The highest BCUT2D eigenvalue weighted by atomic mass is 32.2. The predicted molar refractivity (Wildman–Crippen MR) is 95.7 cm³/mol. The number of aromatic nitrogens is 4. The van der Waals surface area contributed by atoms with Gasteiger partial charge in [-0.15, -0.1) is 5.10 Å². The average Bonchev–Trinajstić information content (AvgIpc) is 3.23. The molecule has 2 aromatic carbocycles. The topological polar surface area (TPSA) is 104 Å². The van der Waals surface area contributed by atoms with Crippen molar-refractivity contribution < 1.29 is 21.9 Å². The summed E-state index contributed by atoms with van der Waals surface area (Å²) in [6.45, 7) is -0.0122. The molecule has 3 aromatic rings. The Morgan fingerprint density at radius 2 is 1.79 bits per heavy atom. The van der Waals surface area contributed by atoms with Crippen LogP contribution in [-0.4, -0.2) is 58.8 Å². The van der Waals surface area contributed by atoms with Gasteiger partial charge in [-0.25, -0.2) is 21.9 Å². The number of benzene rings is 2. The quantitative estimate of drug-likeness (QED) is 0.608. The molecule has 9 nitrogen and oxygen atoms in total. The van der Waals surface area contributed by atoms with Gasteiger partial charge in [-0.2, -0.15) is 9.62 Å². The van der Waals surface area contributed by atoms with Crippen LogP contribution in [0.15, 0.2) is 53.7 Å². The van der Waals surface area contributed by atoms with Gasteiger partial charge < -0.3 is 4.74 Å². The van der Waals surface area contributed by atoms with Crippen molar-refractivity contribution in [2.75, 3.05) is 19.6 Å². The van der Waals surface area contributed by atoms with Crippen molar-refractivity contribution in [2.24, 2.45) is 0 Å². The number of hydrogen-bond acceptors (Lipinski definition) is 6. The van der Waals surface area contributed by atoms with Crippen LogP contribution in [0.5, 0.6) is 5.75 Å². The van der Waals surface area contributed by atoms with Gasteiger partial charge in [-0.05, 0) is 46.8 Å². The van der Waals surface area contributed by atoms with Crippen molar-refractivity contribution in [1.82, 2.24) is 29.8 Å². The number of hydrogen-bond donors (Lipinski definition) is 0. The van der Waals surface area contributed by atoms with Crippen molar-refractivity contribution in [2.45, 2.75) is 11.1 Å². The highest BCUT2D eigenvalue weighted by molar-refractivity contribution is 7.89. The highest BCUT2D eigenvalue weighted by Gasteiger charge is 2.35. The Balaban J connectivity index is 1.48. The van der Waals surface area contributed by atoms with E-state index in [1.54, 1.807) is 24.3 Å². The van der Waals surface area contributed by atoms with Gasteiger partial charge in [0.2, 0.25) is 10.0 Å². The third kappa shape index (κ3) is 3.95. The van der Waals surface area contributed by atoms with Gasteiger partial charge in [0.15, 0.2) is 11.1 Å². The second-order valence-electron chi connectivity index (χ2n) is 6.14. The molecule has 1 radical (unpaired) electrons. The van der Waals surface area contributed by atoms with Crippen LogP contribution in [-0.2, 0) is 10.0 Å². The first-order chi connectivity index (χ1) is 13.9. The summed E-state index contributed by atoms with van der Waals surface area (Å²) >= 11 is 0. The van der Waals surface area contributed by atoms with Gasteiger partial charge in [0, 0.05) is 13.1 Å². The van der Waals surface area contributed by atoms with Crippen LogP contribution in [0.2, 0.25) is 0 Å². The average molecular weight is 421 g/mol. The summed E-state index contributed by atoms with van der Waals surface area (Å²) in [6.07, 6.45) is 0.629. The number of piperazine rings is 1. The molecular weight excluding hydrogens is 406 g/mol. The van der Waals surface area contributed by atoms with Crippen LogP contribution >= 0.6 is 0 Å². The fourth-order valence-electron chi connectivity index (χ4n) is 2.90. The molecule has 1 aliphatic heterocycles. The third-order valence-electron chi connectivity index (χ3n) is 4.28. The Hall–Kier alpha value is -2.96. The minimum Gasteiger partial charge on any atom is -0.472 e. The van der Waals surface area contributed by atoms with Crippen LogP contribution in [0.25, 0.3) is 5.69 Å². The molecule has 0 bridgehead atoms. The maximum atomic E-state index is 14.0. The van der Waals surface area contributed by atoms with Gasteiger partial charge in [0.05, 0.1) is 12.2 Å². The summed E-state index contributed by atoms with van der Waals surface area (Å²) in [7, 11) is -4.37. The molecule has 0 amide bonds. The van der Waals surface area contributed by atoms with Crippen molar-refractivity contribution in [3.8, 4) is 11.4 Å². The fraction of sp³-hybridized carbons (Fsp3) is 0.235. The van der Waals surface area contributed by atoms with E-state index in [4.69, 9.17) is 4.74 Å². The Bertz CT molecular complexity index is 1070. The summed E-state index contributed by atoms with van der Waals surface area (Å²) < 4.78 is 61.6. The molecule has 1 atom stereocenters. The molecule has 1 unspecified atom stereocenters. The number of rotatable bonds is 5. The number of sulfonamides is 1. The van der Waals surface area contributed by atoms with E-state index in [0.717, 1.165) is 22.5 Å². The lowest BCUT2D eigenvalue weighted by Gasteiger charge is -2.31. The van der Waals surface area contributed by atoms with E-state index in [2.05, 4.69) is 20.8 Å². The molecule has 151 valence electrons. The van der Waals surface area contributed by atoms with Crippen LogP contribution in [0.3, 0.4) is 0 Å². The Labute approximate surface area is 164 Å². The monoisotopic (exact) mass is 421 g/mol. The molecule has 1 fully saturated rings. The lowest BCUT2D eigenvalue weighted by molar-refractivity contribution is 0.106. The predicted octanol–water partition coefficient (Wildman–Crippen LogP) is 0.954. The van der Waals surface area contributed by atoms with E-state index in [-0.39, 0.29) is 19.6 Å². The minimum absolute atomic E-state index is 0.00814. The zero-order chi connectivity index (χ0) is 20.4. The number of halogens is 2. The number of nitrogens with zero attached hydrogens (tertiary/aromatic N) is 6. The standard InChI is InChI=1S/C17H15F2N6O3S/c18-14-2-1-3-15(19)17(14)29(26,27)24-9-8-20-16(10-24)28-13-6-4-12(5-7-13)25-11-21-22-23-25/h1-7,11,16H,8-10H2.